The molecule has 0 aromatic carbocycles. The molecule has 0 aliphatic carbocycles. The number of cyclic esters (lactones) is 1. The van der Waals surface area contributed by atoms with Crippen molar-refractivity contribution >= 4 is 5.97 Å². The van der Waals surface area contributed by atoms with E-state index in [-0.39, 0.29) is 18.0 Å². The molecule has 14 heavy (non-hydrogen) atoms. The Bertz CT molecular complexity index is 196. The van der Waals surface area contributed by atoms with Crippen LogP contribution in [0.25, 0.3) is 0 Å². The lowest BCUT2D eigenvalue weighted by Gasteiger charge is -2.20. The van der Waals surface area contributed by atoms with Crippen molar-refractivity contribution in [2.45, 2.75) is 53.1 Å². The summed E-state index contributed by atoms with van der Waals surface area (Å²) in [5.41, 5.74) is 0. The van der Waals surface area contributed by atoms with Gasteiger partial charge in [-0.1, -0.05) is 27.7 Å². The van der Waals surface area contributed by atoms with Crippen LogP contribution in [0.5, 0.6) is 0 Å². The SMILES string of the molecule is CC(C)C1CCCC(C(C)C)C(=O)O1. The topological polar surface area (TPSA) is 26.3 Å². The fourth-order valence-corrected chi connectivity index (χ4v) is 2.03. The van der Waals surface area contributed by atoms with Gasteiger partial charge in [0.25, 0.3) is 0 Å². The van der Waals surface area contributed by atoms with Gasteiger partial charge < -0.3 is 4.74 Å². The molecule has 0 spiro atoms. The van der Waals surface area contributed by atoms with Crippen LogP contribution in [0.3, 0.4) is 0 Å². The minimum atomic E-state index is 0.0243. The highest BCUT2D eigenvalue weighted by molar-refractivity contribution is 5.73. The van der Waals surface area contributed by atoms with Crippen molar-refractivity contribution in [1.29, 1.82) is 0 Å². The summed E-state index contributed by atoms with van der Waals surface area (Å²) in [6.45, 7) is 8.44. The molecule has 1 aliphatic rings. The lowest BCUT2D eigenvalue weighted by Crippen LogP contribution is -2.26. The highest BCUT2D eigenvalue weighted by atomic mass is 16.5. The van der Waals surface area contributed by atoms with Crippen molar-refractivity contribution < 1.29 is 9.53 Å². The zero-order valence-electron chi connectivity index (χ0n) is 9.75. The summed E-state index contributed by atoms with van der Waals surface area (Å²) >= 11 is 0. The van der Waals surface area contributed by atoms with E-state index >= 15 is 0 Å². The number of carbonyl (C=O) groups excluding carboxylic acids is 1. The second-order valence-electron chi connectivity index (χ2n) is 5.00. The number of hydrogen-bond acceptors (Lipinski definition) is 2. The molecule has 0 aromatic heterocycles. The molecule has 0 N–H and O–H groups in total. The summed E-state index contributed by atoms with van der Waals surface area (Å²) < 4.78 is 5.51. The first-order valence-electron chi connectivity index (χ1n) is 5.73. The molecule has 82 valence electrons. The first-order chi connectivity index (χ1) is 6.52. The van der Waals surface area contributed by atoms with Gasteiger partial charge in [-0.15, -0.1) is 0 Å². The number of hydrogen-bond donors (Lipinski definition) is 0. The van der Waals surface area contributed by atoms with Crippen LogP contribution in [-0.2, 0) is 9.53 Å². The van der Waals surface area contributed by atoms with Gasteiger partial charge in [0.2, 0.25) is 0 Å². The molecular formula is C12H22O2. The van der Waals surface area contributed by atoms with Crippen molar-refractivity contribution in [1.82, 2.24) is 0 Å². The number of ether oxygens (including phenoxy) is 1. The third-order valence-corrected chi connectivity index (χ3v) is 3.12. The molecule has 2 nitrogen and oxygen atoms in total. The van der Waals surface area contributed by atoms with Crippen molar-refractivity contribution in [3.05, 3.63) is 0 Å². The van der Waals surface area contributed by atoms with E-state index in [9.17, 15) is 4.79 Å². The van der Waals surface area contributed by atoms with E-state index < -0.39 is 0 Å². The second-order valence-corrected chi connectivity index (χ2v) is 5.00. The standard InChI is InChI=1S/C12H22O2/c1-8(2)10-6-5-7-11(9(3)4)14-12(10)13/h8-11H,5-7H2,1-4H3. The molecule has 1 heterocycles. The third kappa shape index (κ3) is 2.73. The van der Waals surface area contributed by atoms with Gasteiger partial charge in [-0.2, -0.15) is 0 Å². The predicted octanol–water partition coefficient (Wildman–Crippen LogP) is 3.01. The minimum Gasteiger partial charge on any atom is -0.462 e. The Labute approximate surface area is 87.0 Å². The summed E-state index contributed by atoms with van der Waals surface area (Å²) in [5, 5.41) is 0. The molecule has 0 radical (unpaired) electrons. The van der Waals surface area contributed by atoms with Crippen molar-refractivity contribution in [2.24, 2.45) is 17.8 Å². The summed E-state index contributed by atoms with van der Waals surface area (Å²) in [7, 11) is 0. The number of esters is 1. The lowest BCUT2D eigenvalue weighted by atomic mass is 9.91. The van der Waals surface area contributed by atoms with Gasteiger partial charge >= 0.3 is 5.97 Å². The Morgan fingerprint density at radius 1 is 1.14 bits per heavy atom. The van der Waals surface area contributed by atoms with Crippen LogP contribution in [-0.4, -0.2) is 12.1 Å². The monoisotopic (exact) mass is 198 g/mol. The molecule has 1 rings (SSSR count). The maximum Gasteiger partial charge on any atom is 0.309 e. The molecule has 1 saturated heterocycles. The Morgan fingerprint density at radius 2 is 1.79 bits per heavy atom. The Hall–Kier alpha value is -0.530. The van der Waals surface area contributed by atoms with Crippen LogP contribution < -0.4 is 0 Å². The maximum atomic E-state index is 11.7. The van der Waals surface area contributed by atoms with E-state index in [4.69, 9.17) is 4.74 Å². The van der Waals surface area contributed by atoms with Crippen LogP contribution in [0.1, 0.15) is 47.0 Å². The molecule has 2 unspecified atom stereocenters. The second kappa shape index (κ2) is 4.81. The molecule has 2 heteroatoms. The number of rotatable bonds is 2. The van der Waals surface area contributed by atoms with E-state index in [2.05, 4.69) is 27.7 Å². The fourth-order valence-electron chi connectivity index (χ4n) is 2.03. The zero-order valence-corrected chi connectivity index (χ0v) is 9.75. The lowest BCUT2D eigenvalue weighted by molar-refractivity contribution is -0.156. The van der Waals surface area contributed by atoms with Gasteiger partial charge in [0, 0.05) is 0 Å². The van der Waals surface area contributed by atoms with E-state index in [1.165, 1.54) is 0 Å². The van der Waals surface area contributed by atoms with Gasteiger partial charge in [0.15, 0.2) is 0 Å². The average molecular weight is 198 g/mol. The van der Waals surface area contributed by atoms with Crippen molar-refractivity contribution in [3.63, 3.8) is 0 Å². The number of carbonyl (C=O) groups is 1. The molecule has 1 aliphatic heterocycles. The largest absolute Gasteiger partial charge is 0.462 e. The van der Waals surface area contributed by atoms with Gasteiger partial charge in [-0.3, -0.25) is 4.79 Å². The summed E-state index contributed by atoms with van der Waals surface area (Å²) in [6.07, 6.45) is 3.30. The van der Waals surface area contributed by atoms with E-state index in [0.29, 0.717) is 11.8 Å². The predicted molar refractivity (Wildman–Crippen MR) is 56.9 cm³/mol. The molecular weight excluding hydrogens is 176 g/mol. The molecule has 0 amide bonds. The van der Waals surface area contributed by atoms with Gasteiger partial charge in [0.05, 0.1) is 5.92 Å². The molecule has 2 atom stereocenters. The van der Waals surface area contributed by atoms with Crippen LogP contribution >= 0.6 is 0 Å². The van der Waals surface area contributed by atoms with E-state index in [1.54, 1.807) is 0 Å². The molecule has 0 bridgehead atoms. The van der Waals surface area contributed by atoms with E-state index in [0.717, 1.165) is 19.3 Å². The van der Waals surface area contributed by atoms with Gasteiger partial charge in [-0.05, 0) is 31.1 Å². The minimum absolute atomic E-state index is 0.0243. The van der Waals surface area contributed by atoms with Gasteiger partial charge in [0.1, 0.15) is 6.10 Å². The Balaban J connectivity index is 2.61. The quantitative estimate of drug-likeness (QED) is 0.637. The zero-order chi connectivity index (χ0) is 10.7. The molecule has 1 fully saturated rings. The fraction of sp³-hybridized carbons (Fsp3) is 0.917. The Morgan fingerprint density at radius 3 is 2.29 bits per heavy atom. The third-order valence-electron chi connectivity index (χ3n) is 3.12. The van der Waals surface area contributed by atoms with Crippen LogP contribution in [0.2, 0.25) is 0 Å². The van der Waals surface area contributed by atoms with Crippen LogP contribution in [0, 0.1) is 17.8 Å². The normalized spacial score (nSPS) is 29.1. The maximum absolute atomic E-state index is 11.7. The van der Waals surface area contributed by atoms with Crippen molar-refractivity contribution in [2.75, 3.05) is 0 Å². The summed E-state index contributed by atoms with van der Waals surface area (Å²) in [4.78, 5) is 11.7. The molecule has 0 aromatic rings. The highest BCUT2D eigenvalue weighted by Gasteiger charge is 2.30. The van der Waals surface area contributed by atoms with E-state index in [1.807, 2.05) is 0 Å². The first kappa shape index (κ1) is 11.5. The summed E-state index contributed by atoms with van der Waals surface area (Å²) in [6, 6.07) is 0. The van der Waals surface area contributed by atoms with Gasteiger partial charge in [-0.25, -0.2) is 0 Å². The molecule has 0 saturated carbocycles. The van der Waals surface area contributed by atoms with Crippen LogP contribution in [0.4, 0.5) is 0 Å². The van der Waals surface area contributed by atoms with Crippen molar-refractivity contribution in [3.8, 4) is 0 Å². The summed E-state index contributed by atoms with van der Waals surface area (Å²) in [5.74, 6) is 1.01. The average Bonchev–Trinajstić information content (AvgIpc) is 2.26. The highest BCUT2D eigenvalue weighted by Crippen LogP contribution is 2.27. The smallest absolute Gasteiger partial charge is 0.309 e. The Kier molecular flexibility index (Phi) is 3.97. The van der Waals surface area contributed by atoms with Crippen LogP contribution in [0.15, 0.2) is 0 Å². The first-order valence-corrected chi connectivity index (χ1v) is 5.73.